The molecule has 1 aromatic rings. The van der Waals surface area contributed by atoms with Crippen molar-refractivity contribution in [2.45, 2.75) is 17.7 Å². The smallest absolute Gasteiger partial charge is 0.309 e. The van der Waals surface area contributed by atoms with Crippen LogP contribution in [0.25, 0.3) is 0 Å². The van der Waals surface area contributed by atoms with Crippen molar-refractivity contribution in [3.05, 3.63) is 30.1 Å². The first kappa shape index (κ1) is 15.3. The molecule has 0 spiro atoms. The maximum Gasteiger partial charge on any atom is 0.309 e. The molecule has 5 heteroatoms. The van der Waals surface area contributed by atoms with E-state index in [-0.39, 0.29) is 17.7 Å². The van der Waals surface area contributed by atoms with Crippen molar-refractivity contribution < 1.29 is 13.9 Å². The van der Waals surface area contributed by atoms with Gasteiger partial charge >= 0.3 is 5.97 Å². The first-order chi connectivity index (χ1) is 9.70. The van der Waals surface area contributed by atoms with E-state index in [1.165, 1.54) is 24.9 Å². The van der Waals surface area contributed by atoms with E-state index in [4.69, 9.17) is 4.74 Å². The molecule has 110 valence electrons. The summed E-state index contributed by atoms with van der Waals surface area (Å²) in [4.78, 5) is 14.5. The number of thioether (sulfide) groups is 1. The second kappa shape index (κ2) is 7.64. The van der Waals surface area contributed by atoms with Crippen molar-refractivity contribution in [1.29, 1.82) is 0 Å². The molecule has 0 amide bonds. The van der Waals surface area contributed by atoms with Gasteiger partial charge in [-0.3, -0.25) is 4.79 Å². The van der Waals surface area contributed by atoms with Crippen molar-refractivity contribution in [3.63, 3.8) is 0 Å². The molecule has 1 aliphatic heterocycles. The van der Waals surface area contributed by atoms with Crippen LogP contribution in [-0.4, -0.2) is 43.4 Å². The quantitative estimate of drug-likeness (QED) is 0.617. The number of carbonyl (C=O) groups excluding carboxylic acids is 1. The van der Waals surface area contributed by atoms with Crippen LogP contribution in [0.15, 0.2) is 29.2 Å². The Morgan fingerprint density at radius 3 is 3.05 bits per heavy atom. The van der Waals surface area contributed by atoms with Crippen LogP contribution in [0.4, 0.5) is 4.39 Å². The number of piperidine rings is 1. The highest BCUT2D eigenvalue weighted by atomic mass is 32.2. The number of hydrogen-bond acceptors (Lipinski definition) is 4. The molecular formula is C15H20FNO2S. The predicted octanol–water partition coefficient (Wildman–Crippen LogP) is 2.80. The summed E-state index contributed by atoms with van der Waals surface area (Å²) in [6.07, 6.45) is 1.92. The minimum Gasteiger partial charge on any atom is -0.469 e. The van der Waals surface area contributed by atoms with Gasteiger partial charge in [-0.2, -0.15) is 0 Å². The highest BCUT2D eigenvalue weighted by molar-refractivity contribution is 7.99. The molecule has 20 heavy (non-hydrogen) atoms. The molecule has 1 saturated heterocycles. The molecule has 0 saturated carbocycles. The Morgan fingerprint density at radius 2 is 2.30 bits per heavy atom. The second-order valence-electron chi connectivity index (χ2n) is 4.94. The fraction of sp³-hybridized carbons (Fsp3) is 0.533. The Bertz CT molecular complexity index is 455. The minimum absolute atomic E-state index is 0.00721. The average Bonchev–Trinajstić information content (AvgIpc) is 2.49. The third-order valence-electron chi connectivity index (χ3n) is 3.54. The molecule has 0 radical (unpaired) electrons. The maximum absolute atomic E-state index is 13.5. The van der Waals surface area contributed by atoms with E-state index in [2.05, 4.69) is 4.90 Å². The van der Waals surface area contributed by atoms with Gasteiger partial charge in [0.1, 0.15) is 5.82 Å². The standard InChI is InChI=1S/C15H20FNO2S/c1-19-15(18)12-5-4-8-17(11-12)9-10-20-14-7-3-2-6-13(14)16/h2-3,6-7,12H,4-5,8-11H2,1H3/t12-/m0/s1. The molecule has 0 aromatic heterocycles. The average molecular weight is 297 g/mol. The van der Waals surface area contributed by atoms with Gasteiger partial charge in [-0.15, -0.1) is 11.8 Å². The largest absolute Gasteiger partial charge is 0.469 e. The summed E-state index contributed by atoms with van der Waals surface area (Å²) >= 11 is 1.52. The molecule has 2 rings (SSSR count). The summed E-state index contributed by atoms with van der Waals surface area (Å²) in [5.41, 5.74) is 0. The molecule has 1 heterocycles. The first-order valence-electron chi connectivity index (χ1n) is 6.88. The summed E-state index contributed by atoms with van der Waals surface area (Å²) in [7, 11) is 1.44. The number of carbonyl (C=O) groups is 1. The van der Waals surface area contributed by atoms with Gasteiger partial charge in [-0.05, 0) is 31.5 Å². The van der Waals surface area contributed by atoms with Gasteiger partial charge < -0.3 is 9.64 Å². The molecule has 1 atom stereocenters. The van der Waals surface area contributed by atoms with Crippen LogP contribution in [0, 0.1) is 11.7 Å². The fourth-order valence-corrected chi connectivity index (χ4v) is 3.41. The Morgan fingerprint density at radius 1 is 1.50 bits per heavy atom. The molecule has 1 aromatic carbocycles. The van der Waals surface area contributed by atoms with Crippen LogP contribution in [0.1, 0.15) is 12.8 Å². The Kier molecular flexibility index (Phi) is 5.86. The minimum atomic E-state index is -0.163. The van der Waals surface area contributed by atoms with Crippen LogP contribution in [0.5, 0.6) is 0 Å². The van der Waals surface area contributed by atoms with Gasteiger partial charge in [-0.25, -0.2) is 4.39 Å². The molecular weight excluding hydrogens is 277 g/mol. The molecule has 0 bridgehead atoms. The number of ether oxygens (including phenoxy) is 1. The third kappa shape index (κ3) is 4.21. The SMILES string of the molecule is COC(=O)[C@H]1CCCN(CCSc2ccccc2F)C1. The summed E-state index contributed by atoms with van der Waals surface area (Å²) in [6.45, 7) is 2.63. The Balaban J connectivity index is 1.77. The summed E-state index contributed by atoms with van der Waals surface area (Å²) in [5, 5.41) is 0. The van der Waals surface area contributed by atoms with Crippen molar-refractivity contribution >= 4 is 17.7 Å². The predicted molar refractivity (Wildman–Crippen MR) is 78.3 cm³/mol. The number of hydrogen-bond donors (Lipinski definition) is 0. The molecule has 0 unspecified atom stereocenters. The maximum atomic E-state index is 13.5. The molecule has 0 aliphatic carbocycles. The van der Waals surface area contributed by atoms with Crippen LogP contribution < -0.4 is 0 Å². The molecule has 0 N–H and O–H groups in total. The molecule has 3 nitrogen and oxygen atoms in total. The summed E-state index contributed by atoms with van der Waals surface area (Å²) < 4.78 is 18.3. The Labute approximate surface area is 123 Å². The highest BCUT2D eigenvalue weighted by Gasteiger charge is 2.25. The van der Waals surface area contributed by atoms with E-state index in [0.29, 0.717) is 4.90 Å². The lowest BCUT2D eigenvalue weighted by Gasteiger charge is -2.31. The summed E-state index contributed by atoms with van der Waals surface area (Å²) in [6, 6.07) is 6.83. The van der Waals surface area contributed by atoms with Crippen LogP contribution in [0.3, 0.4) is 0 Å². The first-order valence-corrected chi connectivity index (χ1v) is 7.87. The van der Waals surface area contributed by atoms with Crippen LogP contribution >= 0.6 is 11.8 Å². The van der Waals surface area contributed by atoms with E-state index in [1.807, 2.05) is 6.07 Å². The zero-order valence-corrected chi connectivity index (χ0v) is 12.5. The lowest BCUT2D eigenvalue weighted by Crippen LogP contribution is -2.40. The van der Waals surface area contributed by atoms with E-state index < -0.39 is 0 Å². The highest BCUT2D eigenvalue weighted by Crippen LogP contribution is 2.22. The number of esters is 1. The normalized spacial score (nSPS) is 19.8. The van der Waals surface area contributed by atoms with Gasteiger partial charge in [0.15, 0.2) is 0 Å². The van der Waals surface area contributed by atoms with E-state index in [0.717, 1.165) is 38.2 Å². The number of methoxy groups -OCH3 is 1. The van der Waals surface area contributed by atoms with Crippen molar-refractivity contribution in [1.82, 2.24) is 4.90 Å². The van der Waals surface area contributed by atoms with E-state index >= 15 is 0 Å². The van der Waals surface area contributed by atoms with E-state index in [1.54, 1.807) is 12.1 Å². The zero-order chi connectivity index (χ0) is 14.4. The molecule has 1 fully saturated rings. The van der Waals surface area contributed by atoms with Crippen molar-refractivity contribution in [2.24, 2.45) is 5.92 Å². The number of rotatable bonds is 5. The van der Waals surface area contributed by atoms with Crippen molar-refractivity contribution in [3.8, 4) is 0 Å². The lowest BCUT2D eigenvalue weighted by molar-refractivity contribution is -0.147. The van der Waals surface area contributed by atoms with Gasteiger partial charge in [0.2, 0.25) is 0 Å². The van der Waals surface area contributed by atoms with Crippen LogP contribution in [0.2, 0.25) is 0 Å². The number of likely N-dealkylation sites (tertiary alicyclic amines) is 1. The lowest BCUT2D eigenvalue weighted by atomic mass is 9.98. The van der Waals surface area contributed by atoms with Crippen molar-refractivity contribution in [2.75, 3.05) is 32.5 Å². The van der Waals surface area contributed by atoms with Crippen LogP contribution in [-0.2, 0) is 9.53 Å². The second-order valence-corrected chi connectivity index (χ2v) is 6.08. The van der Waals surface area contributed by atoms with Gasteiger partial charge in [0, 0.05) is 23.7 Å². The monoisotopic (exact) mass is 297 g/mol. The van der Waals surface area contributed by atoms with E-state index in [9.17, 15) is 9.18 Å². The van der Waals surface area contributed by atoms with Gasteiger partial charge in [0.25, 0.3) is 0 Å². The topological polar surface area (TPSA) is 29.5 Å². The third-order valence-corrected chi connectivity index (χ3v) is 4.57. The molecule has 1 aliphatic rings. The van der Waals surface area contributed by atoms with Gasteiger partial charge in [0.05, 0.1) is 13.0 Å². The zero-order valence-electron chi connectivity index (χ0n) is 11.7. The number of nitrogens with zero attached hydrogens (tertiary/aromatic N) is 1. The van der Waals surface area contributed by atoms with Gasteiger partial charge in [-0.1, -0.05) is 12.1 Å². The fourth-order valence-electron chi connectivity index (χ4n) is 2.46. The Hall–Kier alpha value is -1.07. The summed E-state index contributed by atoms with van der Waals surface area (Å²) in [5.74, 6) is 0.543. The number of benzene rings is 1. The number of halogens is 1.